The van der Waals surface area contributed by atoms with Gasteiger partial charge in [0.25, 0.3) is 0 Å². The van der Waals surface area contributed by atoms with Crippen LogP contribution < -0.4 is 0 Å². The Hall–Kier alpha value is -2.40. The van der Waals surface area contributed by atoms with Gasteiger partial charge >= 0.3 is 0 Å². The third-order valence-corrected chi connectivity index (χ3v) is 5.29. The van der Waals surface area contributed by atoms with E-state index >= 15 is 0 Å². The summed E-state index contributed by atoms with van der Waals surface area (Å²) in [5.41, 5.74) is 0.987. The first kappa shape index (κ1) is 18.4. The lowest BCUT2D eigenvalue weighted by molar-refractivity contribution is -0.131. The summed E-state index contributed by atoms with van der Waals surface area (Å²) in [5.74, 6) is 0.695. The van der Waals surface area contributed by atoms with Crippen LogP contribution in [0.15, 0.2) is 64.6 Å². The van der Waals surface area contributed by atoms with Crippen molar-refractivity contribution in [3.8, 4) is 0 Å². The summed E-state index contributed by atoms with van der Waals surface area (Å²) in [7, 11) is 0. The van der Waals surface area contributed by atoms with E-state index in [-0.39, 0.29) is 17.6 Å². The minimum atomic E-state index is -0.257. The van der Waals surface area contributed by atoms with Crippen LogP contribution >= 0.6 is 11.3 Å². The summed E-state index contributed by atoms with van der Waals surface area (Å²) in [5, 5.41) is 2.02. The lowest BCUT2D eigenvalue weighted by atomic mass is 9.93. The monoisotopic (exact) mass is 371 g/mol. The fraction of sp³-hybridized carbons (Fsp3) is 0.286. The lowest BCUT2D eigenvalue weighted by Crippen LogP contribution is -2.31. The minimum Gasteiger partial charge on any atom is -0.469 e. The van der Waals surface area contributed by atoms with Crippen LogP contribution in [0.3, 0.4) is 0 Å². The van der Waals surface area contributed by atoms with Crippen molar-refractivity contribution in [3.63, 3.8) is 0 Å². The molecule has 1 aromatic carbocycles. The molecule has 0 N–H and O–H groups in total. The van der Waals surface area contributed by atoms with Crippen LogP contribution in [0, 0.1) is 5.82 Å². The molecule has 1 atom stereocenters. The Kier molecular flexibility index (Phi) is 6.23. The molecule has 0 unspecified atom stereocenters. The van der Waals surface area contributed by atoms with Crippen molar-refractivity contribution in [1.29, 1.82) is 0 Å². The molecule has 0 aliphatic carbocycles. The maximum Gasteiger partial charge on any atom is 0.222 e. The van der Waals surface area contributed by atoms with Crippen molar-refractivity contribution in [2.45, 2.75) is 32.2 Å². The lowest BCUT2D eigenvalue weighted by Gasteiger charge is -2.24. The van der Waals surface area contributed by atoms with Gasteiger partial charge in [-0.1, -0.05) is 25.1 Å². The van der Waals surface area contributed by atoms with Crippen LogP contribution in [0.2, 0.25) is 0 Å². The number of amides is 1. The number of benzene rings is 1. The molecule has 0 fully saturated rings. The van der Waals surface area contributed by atoms with Crippen molar-refractivity contribution >= 4 is 17.2 Å². The van der Waals surface area contributed by atoms with Crippen LogP contribution in [-0.4, -0.2) is 17.4 Å². The zero-order chi connectivity index (χ0) is 18.4. The zero-order valence-corrected chi connectivity index (χ0v) is 15.5. The molecular formula is C21H22FNO2S. The molecule has 26 heavy (non-hydrogen) atoms. The second kappa shape index (κ2) is 8.81. The molecule has 2 aromatic heterocycles. The number of thiophene rings is 1. The van der Waals surface area contributed by atoms with Gasteiger partial charge in [0.05, 0.1) is 12.8 Å². The van der Waals surface area contributed by atoms with Gasteiger partial charge < -0.3 is 9.32 Å². The van der Waals surface area contributed by atoms with E-state index in [0.29, 0.717) is 19.5 Å². The predicted octanol–water partition coefficient (Wildman–Crippen LogP) is 5.44. The number of furan rings is 1. The SMILES string of the molecule is CCC(=O)N(CC[C@H](c1ccc(F)cc1)c1ccco1)Cc1cccs1. The fourth-order valence-electron chi connectivity index (χ4n) is 3.05. The smallest absolute Gasteiger partial charge is 0.222 e. The Balaban J connectivity index is 1.76. The van der Waals surface area contributed by atoms with Gasteiger partial charge in [-0.15, -0.1) is 11.3 Å². The number of rotatable bonds is 8. The third kappa shape index (κ3) is 4.61. The number of carbonyl (C=O) groups excluding carboxylic acids is 1. The number of hydrogen-bond donors (Lipinski definition) is 0. The fourth-order valence-corrected chi connectivity index (χ4v) is 3.77. The minimum absolute atomic E-state index is 0.0129. The summed E-state index contributed by atoms with van der Waals surface area (Å²) < 4.78 is 18.9. The normalized spacial score (nSPS) is 12.1. The quantitative estimate of drug-likeness (QED) is 0.528. The van der Waals surface area contributed by atoms with E-state index in [2.05, 4.69) is 0 Å². The van der Waals surface area contributed by atoms with Crippen LogP contribution in [-0.2, 0) is 11.3 Å². The van der Waals surface area contributed by atoms with E-state index in [9.17, 15) is 9.18 Å². The molecule has 0 radical (unpaired) electrons. The van der Waals surface area contributed by atoms with Crippen LogP contribution in [0.1, 0.15) is 41.9 Å². The van der Waals surface area contributed by atoms with Gasteiger partial charge in [-0.25, -0.2) is 4.39 Å². The molecule has 3 rings (SSSR count). The standard InChI is InChI=1S/C21H22FNO2S/c1-2-21(24)23(15-18-5-4-14-26-18)12-11-19(20-6-3-13-25-20)16-7-9-17(22)10-8-16/h3-10,13-14,19H,2,11-12,15H2,1H3/t19-/m1/s1. The molecule has 2 heterocycles. The van der Waals surface area contributed by atoms with Crippen molar-refractivity contribution in [1.82, 2.24) is 4.90 Å². The Morgan fingerprint density at radius 1 is 1.19 bits per heavy atom. The van der Waals surface area contributed by atoms with Crippen LogP contribution in [0.4, 0.5) is 4.39 Å². The molecule has 5 heteroatoms. The summed E-state index contributed by atoms with van der Waals surface area (Å²) >= 11 is 1.66. The highest BCUT2D eigenvalue weighted by atomic mass is 32.1. The van der Waals surface area contributed by atoms with Gasteiger partial charge in [0.1, 0.15) is 11.6 Å². The molecule has 0 saturated heterocycles. The highest BCUT2D eigenvalue weighted by molar-refractivity contribution is 7.09. The van der Waals surface area contributed by atoms with E-state index < -0.39 is 0 Å². The van der Waals surface area contributed by atoms with Gasteiger partial charge in [-0.2, -0.15) is 0 Å². The highest BCUT2D eigenvalue weighted by Gasteiger charge is 2.20. The van der Waals surface area contributed by atoms with Gasteiger partial charge in [0.15, 0.2) is 0 Å². The predicted molar refractivity (Wildman–Crippen MR) is 102 cm³/mol. The number of hydrogen-bond acceptors (Lipinski definition) is 3. The summed E-state index contributed by atoms with van der Waals surface area (Å²) in [6, 6.07) is 14.3. The maximum absolute atomic E-state index is 13.3. The molecule has 0 spiro atoms. The van der Waals surface area contributed by atoms with E-state index in [4.69, 9.17) is 4.42 Å². The first-order valence-electron chi connectivity index (χ1n) is 8.76. The topological polar surface area (TPSA) is 33.5 Å². The summed E-state index contributed by atoms with van der Waals surface area (Å²) in [6.07, 6.45) is 2.84. The van der Waals surface area contributed by atoms with Crippen LogP contribution in [0.25, 0.3) is 0 Å². The third-order valence-electron chi connectivity index (χ3n) is 4.43. The maximum atomic E-state index is 13.3. The molecule has 1 amide bonds. The molecule has 0 bridgehead atoms. The Morgan fingerprint density at radius 3 is 2.62 bits per heavy atom. The van der Waals surface area contributed by atoms with E-state index in [0.717, 1.165) is 17.7 Å². The number of carbonyl (C=O) groups is 1. The Bertz CT molecular complexity index is 797. The molecular weight excluding hydrogens is 349 g/mol. The van der Waals surface area contributed by atoms with Gasteiger partial charge in [0.2, 0.25) is 5.91 Å². The average Bonchev–Trinajstić information content (AvgIpc) is 3.35. The first-order valence-corrected chi connectivity index (χ1v) is 9.64. The largest absolute Gasteiger partial charge is 0.469 e. The molecule has 0 aliphatic rings. The second-order valence-corrected chi connectivity index (χ2v) is 7.19. The zero-order valence-electron chi connectivity index (χ0n) is 14.7. The van der Waals surface area contributed by atoms with Crippen molar-refractivity contribution in [2.24, 2.45) is 0 Å². The van der Waals surface area contributed by atoms with E-state index in [1.165, 1.54) is 17.0 Å². The number of nitrogens with zero attached hydrogens (tertiary/aromatic N) is 1. The van der Waals surface area contributed by atoms with E-state index in [1.54, 1.807) is 29.7 Å². The van der Waals surface area contributed by atoms with Crippen molar-refractivity contribution in [3.05, 3.63) is 82.2 Å². The van der Waals surface area contributed by atoms with Gasteiger partial charge in [-0.3, -0.25) is 4.79 Å². The Morgan fingerprint density at radius 2 is 2.00 bits per heavy atom. The highest BCUT2D eigenvalue weighted by Crippen LogP contribution is 2.29. The second-order valence-electron chi connectivity index (χ2n) is 6.16. The van der Waals surface area contributed by atoms with Crippen molar-refractivity contribution in [2.75, 3.05) is 6.54 Å². The molecule has 3 aromatic rings. The average molecular weight is 371 g/mol. The Labute approximate surface area is 157 Å². The molecule has 0 saturated carbocycles. The van der Waals surface area contributed by atoms with E-state index in [1.807, 2.05) is 41.5 Å². The molecule has 0 aliphatic heterocycles. The summed E-state index contributed by atoms with van der Waals surface area (Å²) in [4.78, 5) is 15.4. The first-order chi connectivity index (χ1) is 12.7. The van der Waals surface area contributed by atoms with Crippen molar-refractivity contribution < 1.29 is 13.6 Å². The summed E-state index contributed by atoms with van der Waals surface area (Å²) in [6.45, 7) is 3.12. The number of halogens is 1. The van der Waals surface area contributed by atoms with Crippen LogP contribution in [0.5, 0.6) is 0 Å². The van der Waals surface area contributed by atoms with Gasteiger partial charge in [0, 0.05) is 23.8 Å². The van der Waals surface area contributed by atoms with Gasteiger partial charge in [-0.05, 0) is 47.7 Å². The molecule has 3 nitrogen and oxygen atoms in total. The molecule has 136 valence electrons.